The quantitative estimate of drug-likeness (QED) is 0.438. The van der Waals surface area contributed by atoms with Crippen LogP contribution in [0.15, 0.2) is 65.7 Å². The minimum absolute atomic E-state index is 0.108. The van der Waals surface area contributed by atoms with Crippen LogP contribution >= 0.6 is 22.9 Å². The zero-order chi connectivity index (χ0) is 22.2. The lowest BCUT2D eigenvalue weighted by atomic mass is 10.1. The van der Waals surface area contributed by atoms with Crippen LogP contribution in [0.25, 0.3) is 20.7 Å². The topological polar surface area (TPSA) is 64.0 Å². The third-order valence-electron chi connectivity index (χ3n) is 4.44. The number of aromatic nitrogens is 2. The molecular formula is C21H13ClF3N3O2S. The lowest BCUT2D eigenvalue weighted by molar-refractivity contribution is -0.137. The molecule has 0 saturated carbocycles. The maximum absolute atomic E-state index is 13.2. The number of nitrogens with one attached hydrogen (secondary N) is 1. The van der Waals surface area contributed by atoms with Gasteiger partial charge in [0.05, 0.1) is 23.1 Å². The van der Waals surface area contributed by atoms with Gasteiger partial charge in [-0.15, -0.1) is 11.3 Å². The molecule has 31 heavy (non-hydrogen) atoms. The number of hydrogen-bond donors (Lipinski definition) is 1. The van der Waals surface area contributed by atoms with Crippen LogP contribution in [0.4, 0.5) is 18.9 Å². The molecule has 1 N–H and O–H groups in total. The predicted molar refractivity (Wildman–Crippen MR) is 114 cm³/mol. The average Bonchev–Trinajstić information content (AvgIpc) is 3.17. The highest BCUT2D eigenvalue weighted by Crippen LogP contribution is 2.36. The molecule has 0 aliphatic rings. The van der Waals surface area contributed by atoms with Gasteiger partial charge < -0.3 is 5.32 Å². The number of anilines is 1. The molecule has 0 aliphatic heterocycles. The number of thiophene rings is 1. The molecule has 1 amide bonds. The Hall–Kier alpha value is -3.17. The van der Waals surface area contributed by atoms with Crippen molar-refractivity contribution >= 4 is 44.7 Å². The number of fused-ring (bicyclic) bond motifs is 1. The second-order valence-corrected chi connectivity index (χ2v) is 8.09. The van der Waals surface area contributed by atoms with Crippen LogP contribution in [0.5, 0.6) is 0 Å². The molecule has 0 aliphatic carbocycles. The molecule has 0 fully saturated rings. The molecule has 4 rings (SSSR count). The number of carbonyl (C=O) groups is 1. The molecule has 5 nitrogen and oxygen atoms in total. The predicted octanol–water partition coefficient (Wildman–Crippen LogP) is 5.44. The van der Waals surface area contributed by atoms with Crippen molar-refractivity contribution in [2.24, 2.45) is 0 Å². The molecule has 2 aromatic heterocycles. The van der Waals surface area contributed by atoms with E-state index in [1.807, 2.05) is 30.3 Å². The summed E-state index contributed by atoms with van der Waals surface area (Å²) in [5.74, 6) is -0.795. The number of rotatable bonds is 4. The number of nitrogens with zero attached hydrogens (tertiary/aromatic N) is 2. The Kier molecular flexibility index (Phi) is 5.55. The van der Waals surface area contributed by atoms with Gasteiger partial charge in [0.2, 0.25) is 5.91 Å². The number of carbonyl (C=O) groups excluding carboxylic acids is 1. The fourth-order valence-electron chi connectivity index (χ4n) is 3.01. The van der Waals surface area contributed by atoms with Gasteiger partial charge in [-0.25, -0.2) is 4.98 Å². The number of hydrogen-bond acceptors (Lipinski definition) is 4. The maximum atomic E-state index is 13.2. The second-order valence-electron chi connectivity index (χ2n) is 6.60. The van der Waals surface area contributed by atoms with Crippen LogP contribution in [0.3, 0.4) is 0 Å². The highest BCUT2D eigenvalue weighted by Gasteiger charge is 2.34. The molecule has 2 aromatic carbocycles. The molecule has 4 aromatic rings. The molecule has 0 saturated heterocycles. The Morgan fingerprint density at radius 3 is 2.58 bits per heavy atom. The molecule has 0 bridgehead atoms. The molecule has 0 unspecified atom stereocenters. The van der Waals surface area contributed by atoms with Gasteiger partial charge in [-0.05, 0) is 29.8 Å². The van der Waals surface area contributed by atoms with Crippen molar-refractivity contribution in [3.05, 3.63) is 81.9 Å². The first kappa shape index (κ1) is 21.1. The van der Waals surface area contributed by atoms with Crippen LogP contribution in [0.2, 0.25) is 5.02 Å². The van der Waals surface area contributed by atoms with Crippen molar-refractivity contribution < 1.29 is 18.0 Å². The minimum atomic E-state index is -4.70. The van der Waals surface area contributed by atoms with E-state index in [4.69, 9.17) is 11.6 Å². The van der Waals surface area contributed by atoms with Gasteiger partial charge in [-0.2, -0.15) is 13.2 Å². The lowest BCUT2D eigenvalue weighted by Gasteiger charge is -2.14. The highest BCUT2D eigenvalue weighted by molar-refractivity contribution is 7.22. The Balaban J connectivity index is 1.60. The van der Waals surface area contributed by atoms with Crippen molar-refractivity contribution in [2.75, 3.05) is 5.32 Å². The third-order valence-corrected chi connectivity index (χ3v) is 5.83. The summed E-state index contributed by atoms with van der Waals surface area (Å²) in [4.78, 5) is 30.2. The van der Waals surface area contributed by atoms with E-state index in [1.54, 1.807) is 6.07 Å². The monoisotopic (exact) mass is 463 g/mol. The standard InChI is InChI=1S/C21H13ClF3N3O2S/c22-13-6-7-15(14(8-13)21(23,24)25)27-18(29)10-28-11-26-16-9-17(31-19(16)20(28)30)12-4-2-1-3-5-12/h1-9,11H,10H2,(H,27,29). The fourth-order valence-corrected chi connectivity index (χ4v) is 4.24. The zero-order valence-electron chi connectivity index (χ0n) is 15.6. The van der Waals surface area contributed by atoms with Gasteiger partial charge in [0, 0.05) is 9.90 Å². The Bertz CT molecular complexity index is 1330. The largest absolute Gasteiger partial charge is 0.418 e. The van der Waals surface area contributed by atoms with E-state index in [9.17, 15) is 22.8 Å². The van der Waals surface area contributed by atoms with Gasteiger partial charge >= 0.3 is 6.18 Å². The molecule has 2 heterocycles. The van der Waals surface area contributed by atoms with Crippen LogP contribution in [0, 0.1) is 0 Å². The number of halogens is 4. The van der Waals surface area contributed by atoms with E-state index in [2.05, 4.69) is 10.3 Å². The first-order chi connectivity index (χ1) is 14.7. The van der Waals surface area contributed by atoms with Crippen molar-refractivity contribution in [2.45, 2.75) is 12.7 Å². The molecular weight excluding hydrogens is 451 g/mol. The number of amides is 1. The third kappa shape index (κ3) is 4.47. The van der Waals surface area contributed by atoms with E-state index in [-0.39, 0.29) is 5.02 Å². The van der Waals surface area contributed by atoms with Crippen molar-refractivity contribution in [3.63, 3.8) is 0 Å². The zero-order valence-corrected chi connectivity index (χ0v) is 17.2. The number of alkyl halides is 3. The van der Waals surface area contributed by atoms with E-state index in [1.165, 1.54) is 23.7 Å². The van der Waals surface area contributed by atoms with Gasteiger partial charge in [0.15, 0.2) is 0 Å². The Morgan fingerprint density at radius 2 is 1.87 bits per heavy atom. The van der Waals surface area contributed by atoms with Crippen molar-refractivity contribution in [3.8, 4) is 10.4 Å². The summed E-state index contributed by atoms with van der Waals surface area (Å²) >= 11 is 6.89. The summed E-state index contributed by atoms with van der Waals surface area (Å²) in [6, 6.07) is 14.3. The number of benzene rings is 2. The normalized spacial score (nSPS) is 11.6. The van der Waals surface area contributed by atoms with E-state index in [0.717, 1.165) is 27.1 Å². The minimum Gasteiger partial charge on any atom is -0.324 e. The Labute approximate surface area is 182 Å². The van der Waals surface area contributed by atoms with Crippen molar-refractivity contribution in [1.82, 2.24) is 9.55 Å². The maximum Gasteiger partial charge on any atom is 0.418 e. The molecule has 0 radical (unpaired) electrons. The highest BCUT2D eigenvalue weighted by atomic mass is 35.5. The summed E-state index contributed by atoms with van der Waals surface area (Å²) in [5.41, 5.74) is -0.537. The van der Waals surface area contributed by atoms with Gasteiger partial charge in [0.25, 0.3) is 5.56 Å². The summed E-state index contributed by atoms with van der Waals surface area (Å²) in [6.07, 6.45) is -3.49. The van der Waals surface area contributed by atoms with Gasteiger partial charge in [0.1, 0.15) is 11.2 Å². The van der Waals surface area contributed by atoms with E-state index < -0.39 is 35.4 Å². The molecule has 0 spiro atoms. The van der Waals surface area contributed by atoms with Crippen molar-refractivity contribution in [1.29, 1.82) is 0 Å². The second kappa shape index (κ2) is 8.16. The van der Waals surface area contributed by atoms with E-state index in [0.29, 0.717) is 10.2 Å². The van der Waals surface area contributed by atoms with Gasteiger partial charge in [-0.3, -0.25) is 14.2 Å². The van der Waals surface area contributed by atoms with Gasteiger partial charge in [-0.1, -0.05) is 41.9 Å². The molecule has 0 atom stereocenters. The van der Waals surface area contributed by atoms with Crippen LogP contribution in [0.1, 0.15) is 5.56 Å². The van der Waals surface area contributed by atoms with Crippen LogP contribution in [-0.2, 0) is 17.5 Å². The average molecular weight is 464 g/mol. The summed E-state index contributed by atoms with van der Waals surface area (Å²) in [5, 5.41) is 2.09. The lowest BCUT2D eigenvalue weighted by Crippen LogP contribution is -2.28. The Morgan fingerprint density at radius 1 is 1.13 bits per heavy atom. The summed E-state index contributed by atoms with van der Waals surface area (Å²) < 4.78 is 41.1. The summed E-state index contributed by atoms with van der Waals surface area (Å²) in [7, 11) is 0. The summed E-state index contributed by atoms with van der Waals surface area (Å²) in [6.45, 7) is -0.486. The fraction of sp³-hybridized carbons (Fsp3) is 0.0952. The molecule has 10 heteroatoms. The first-order valence-corrected chi connectivity index (χ1v) is 10.1. The SMILES string of the molecule is O=C(Cn1cnc2cc(-c3ccccc3)sc2c1=O)Nc1ccc(Cl)cc1C(F)(F)F. The first-order valence-electron chi connectivity index (χ1n) is 8.93. The van der Waals surface area contributed by atoms with Crippen LogP contribution in [-0.4, -0.2) is 15.5 Å². The van der Waals surface area contributed by atoms with Crippen LogP contribution < -0.4 is 10.9 Å². The van der Waals surface area contributed by atoms with E-state index >= 15 is 0 Å². The smallest absolute Gasteiger partial charge is 0.324 e. The molecule has 158 valence electrons.